The number of nitrogens with zero attached hydrogens (tertiary/aromatic N) is 1. The normalized spacial score (nSPS) is 16.6. The van der Waals surface area contributed by atoms with Crippen LogP contribution in [-0.4, -0.2) is 22.2 Å². The number of hydrogen-bond donors (Lipinski definition) is 2. The molecular formula is C10H10BrFN2O3. The molecule has 1 saturated carbocycles. The van der Waals surface area contributed by atoms with Gasteiger partial charge >= 0.3 is 0 Å². The van der Waals surface area contributed by atoms with Crippen molar-refractivity contribution >= 4 is 27.3 Å². The van der Waals surface area contributed by atoms with E-state index in [1.54, 1.807) is 0 Å². The minimum atomic E-state index is -0.583. The fourth-order valence-electron chi connectivity index (χ4n) is 1.55. The Bertz CT molecular complexity index is 477. The number of aliphatic hydroxyl groups excluding tert-OH is 1. The van der Waals surface area contributed by atoms with E-state index >= 15 is 0 Å². The van der Waals surface area contributed by atoms with E-state index in [2.05, 4.69) is 21.2 Å². The van der Waals surface area contributed by atoms with E-state index in [4.69, 9.17) is 5.11 Å². The van der Waals surface area contributed by atoms with Crippen LogP contribution in [-0.2, 0) is 0 Å². The van der Waals surface area contributed by atoms with Crippen molar-refractivity contribution in [1.82, 2.24) is 0 Å². The van der Waals surface area contributed by atoms with Crippen molar-refractivity contribution in [3.05, 3.63) is 32.5 Å². The second kappa shape index (κ2) is 4.23. The molecule has 1 fully saturated rings. The maximum atomic E-state index is 13.4. The number of nitro groups is 1. The van der Waals surface area contributed by atoms with E-state index in [1.807, 2.05) is 0 Å². The van der Waals surface area contributed by atoms with Crippen molar-refractivity contribution in [2.45, 2.75) is 18.4 Å². The quantitative estimate of drug-likeness (QED) is 0.662. The van der Waals surface area contributed by atoms with E-state index in [0.29, 0.717) is 0 Å². The zero-order valence-electron chi connectivity index (χ0n) is 8.74. The topological polar surface area (TPSA) is 75.4 Å². The van der Waals surface area contributed by atoms with Crippen LogP contribution in [0.25, 0.3) is 0 Å². The Morgan fingerprint density at radius 3 is 2.71 bits per heavy atom. The first-order valence-electron chi connectivity index (χ1n) is 5.00. The van der Waals surface area contributed by atoms with Gasteiger partial charge in [-0.2, -0.15) is 0 Å². The molecule has 92 valence electrons. The zero-order chi connectivity index (χ0) is 12.6. The Labute approximate surface area is 105 Å². The summed E-state index contributed by atoms with van der Waals surface area (Å²) in [6.45, 7) is -0.123. The molecule has 7 heteroatoms. The molecule has 0 radical (unpaired) electrons. The molecule has 1 aromatic rings. The van der Waals surface area contributed by atoms with E-state index in [-0.39, 0.29) is 22.5 Å². The average molecular weight is 305 g/mol. The lowest BCUT2D eigenvalue weighted by Gasteiger charge is -2.16. The second-order valence-electron chi connectivity index (χ2n) is 4.10. The van der Waals surface area contributed by atoms with Gasteiger partial charge in [-0.3, -0.25) is 10.1 Å². The molecule has 1 aromatic carbocycles. The van der Waals surface area contributed by atoms with Crippen molar-refractivity contribution in [2.75, 3.05) is 11.9 Å². The predicted molar refractivity (Wildman–Crippen MR) is 63.4 cm³/mol. The molecule has 17 heavy (non-hydrogen) atoms. The maximum absolute atomic E-state index is 13.4. The number of hydrogen-bond acceptors (Lipinski definition) is 4. The highest BCUT2D eigenvalue weighted by atomic mass is 79.9. The van der Waals surface area contributed by atoms with E-state index < -0.39 is 16.3 Å². The molecule has 2 N–H and O–H groups in total. The standard InChI is InChI=1S/C10H10BrFN2O3/c11-6-3-9(14(16)17)8(4-7(6)12)13-10(5-15)1-2-10/h3-4,13,15H,1-2,5H2. The second-order valence-corrected chi connectivity index (χ2v) is 4.96. The van der Waals surface area contributed by atoms with Gasteiger partial charge in [0.25, 0.3) is 5.69 Å². The third kappa shape index (κ3) is 2.39. The van der Waals surface area contributed by atoms with Gasteiger partial charge in [-0.05, 0) is 28.8 Å². The Kier molecular flexibility index (Phi) is 3.05. The minimum absolute atomic E-state index is 0.0450. The first-order chi connectivity index (χ1) is 7.97. The first kappa shape index (κ1) is 12.3. The molecule has 0 saturated heterocycles. The highest BCUT2D eigenvalue weighted by Gasteiger charge is 2.43. The molecule has 0 unspecified atom stereocenters. The lowest BCUT2D eigenvalue weighted by molar-refractivity contribution is -0.384. The summed E-state index contributed by atoms with van der Waals surface area (Å²) in [6, 6.07) is 2.18. The van der Waals surface area contributed by atoms with Crippen LogP contribution >= 0.6 is 15.9 Å². The van der Waals surface area contributed by atoms with Crippen molar-refractivity contribution in [3.8, 4) is 0 Å². The molecule has 0 spiro atoms. The summed E-state index contributed by atoms with van der Waals surface area (Å²) in [4.78, 5) is 10.3. The molecule has 5 nitrogen and oxygen atoms in total. The van der Waals surface area contributed by atoms with Crippen LogP contribution in [0.1, 0.15) is 12.8 Å². The molecule has 1 aliphatic rings. The number of rotatable bonds is 4. The molecule has 0 bridgehead atoms. The van der Waals surface area contributed by atoms with Gasteiger partial charge in [-0.1, -0.05) is 0 Å². The molecule has 0 aliphatic heterocycles. The highest BCUT2D eigenvalue weighted by molar-refractivity contribution is 9.10. The van der Waals surface area contributed by atoms with Gasteiger partial charge in [0, 0.05) is 12.1 Å². The third-order valence-electron chi connectivity index (χ3n) is 2.79. The van der Waals surface area contributed by atoms with Crippen LogP contribution in [0, 0.1) is 15.9 Å². The van der Waals surface area contributed by atoms with Gasteiger partial charge in [0.1, 0.15) is 11.5 Å². The van der Waals surface area contributed by atoms with Crippen molar-refractivity contribution in [2.24, 2.45) is 0 Å². The summed E-state index contributed by atoms with van der Waals surface area (Å²) in [5.74, 6) is -0.577. The van der Waals surface area contributed by atoms with Crippen LogP contribution < -0.4 is 5.32 Å². The summed E-state index contributed by atoms with van der Waals surface area (Å²) in [5.41, 5.74) is -0.634. The molecule has 0 atom stereocenters. The van der Waals surface area contributed by atoms with Gasteiger partial charge in [-0.25, -0.2) is 4.39 Å². The van der Waals surface area contributed by atoms with Gasteiger partial charge in [0.2, 0.25) is 0 Å². The SMILES string of the molecule is O=[N+]([O-])c1cc(Br)c(F)cc1NC1(CO)CC1. The number of nitrogens with one attached hydrogen (secondary N) is 1. The van der Waals surface area contributed by atoms with Crippen molar-refractivity contribution in [3.63, 3.8) is 0 Å². The Morgan fingerprint density at radius 2 is 2.24 bits per heavy atom. The molecular weight excluding hydrogens is 295 g/mol. The van der Waals surface area contributed by atoms with Crippen LogP contribution in [0.5, 0.6) is 0 Å². The van der Waals surface area contributed by atoms with Crippen LogP contribution in [0.15, 0.2) is 16.6 Å². The largest absolute Gasteiger partial charge is 0.394 e. The molecule has 2 rings (SSSR count). The van der Waals surface area contributed by atoms with Crippen LogP contribution in [0.4, 0.5) is 15.8 Å². The smallest absolute Gasteiger partial charge is 0.293 e. The third-order valence-corrected chi connectivity index (χ3v) is 3.40. The van der Waals surface area contributed by atoms with Gasteiger partial charge < -0.3 is 10.4 Å². The molecule has 1 aliphatic carbocycles. The highest BCUT2D eigenvalue weighted by Crippen LogP contribution is 2.41. The fraction of sp³-hybridized carbons (Fsp3) is 0.400. The summed E-state index contributed by atoms with van der Waals surface area (Å²) < 4.78 is 13.4. The summed E-state index contributed by atoms with van der Waals surface area (Å²) in [7, 11) is 0. The van der Waals surface area contributed by atoms with Crippen molar-refractivity contribution in [1.29, 1.82) is 0 Å². The number of benzene rings is 1. The molecule has 0 heterocycles. The number of anilines is 1. The van der Waals surface area contributed by atoms with Crippen LogP contribution in [0.2, 0.25) is 0 Å². The lowest BCUT2D eigenvalue weighted by Crippen LogP contribution is -2.26. The Balaban J connectivity index is 2.37. The van der Waals surface area contributed by atoms with Crippen LogP contribution in [0.3, 0.4) is 0 Å². The first-order valence-corrected chi connectivity index (χ1v) is 5.79. The number of nitro benzene ring substituents is 1. The Morgan fingerprint density at radius 1 is 1.59 bits per heavy atom. The molecule has 0 aromatic heterocycles. The summed E-state index contributed by atoms with van der Waals surface area (Å²) in [6.07, 6.45) is 1.44. The maximum Gasteiger partial charge on any atom is 0.293 e. The van der Waals surface area contributed by atoms with Gasteiger partial charge in [-0.15, -0.1) is 0 Å². The minimum Gasteiger partial charge on any atom is -0.394 e. The Hall–Kier alpha value is -1.21. The zero-order valence-corrected chi connectivity index (χ0v) is 10.3. The average Bonchev–Trinajstić information content (AvgIpc) is 3.03. The fourth-order valence-corrected chi connectivity index (χ4v) is 1.88. The number of aliphatic hydroxyl groups is 1. The van der Waals surface area contributed by atoms with E-state index in [9.17, 15) is 14.5 Å². The van der Waals surface area contributed by atoms with Gasteiger partial charge in [0.05, 0.1) is 21.5 Å². The van der Waals surface area contributed by atoms with Crippen molar-refractivity contribution < 1.29 is 14.4 Å². The monoisotopic (exact) mass is 304 g/mol. The van der Waals surface area contributed by atoms with Gasteiger partial charge in [0.15, 0.2) is 0 Å². The lowest BCUT2D eigenvalue weighted by atomic mass is 10.2. The van der Waals surface area contributed by atoms with E-state index in [0.717, 1.165) is 25.0 Å². The number of halogens is 2. The molecule has 0 amide bonds. The van der Waals surface area contributed by atoms with E-state index in [1.165, 1.54) is 0 Å². The predicted octanol–water partition coefficient (Wildman–Crippen LogP) is 2.43. The summed E-state index contributed by atoms with van der Waals surface area (Å²) in [5, 5.41) is 22.8. The summed E-state index contributed by atoms with van der Waals surface area (Å²) >= 11 is 2.90.